The molecule has 0 aliphatic carbocycles. The molecule has 0 aliphatic heterocycles. The van der Waals surface area contributed by atoms with Crippen LogP contribution in [0.3, 0.4) is 0 Å². The van der Waals surface area contributed by atoms with Crippen molar-refractivity contribution in [3.63, 3.8) is 0 Å². The molecule has 16 heavy (non-hydrogen) atoms. The Labute approximate surface area is 98.0 Å². The van der Waals surface area contributed by atoms with E-state index in [9.17, 15) is 0 Å². The molecule has 0 saturated carbocycles. The van der Waals surface area contributed by atoms with Gasteiger partial charge in [-0.15, -0.1) is 0 Å². The molecule has 1 unspecified atom stereocenters. The summed E-state index contributed by atoms with van der Waals surface area (Å²) in [4.78, 5) is 0. The number of hydrogen-bond donors (Lipinski definition) is 3. The molecule has 0 saturated heterocycles. The van der Waals surface area contributed by atoms with Crippen molar-refractivity contribution < 1.29 is 9.94 Å². The highest BCUT2D eigenvalue weighted by Gasteiger charge is 2.18. The van der Waals surface area contributed by atoms with Crippen molar-refractivity contribution in [1.29, 1.82) is 0 Å². The Morgan fingerprint density at radius 1 is 1.56 bits per heavy atom. The molecule has 0 radical (unpaired) electrons. The van der Waals surface area contributed by atoms with Crippen molar-refractivity contribution in [2.45, 2.75) is 39.7 Å². The minimum atomic E-state index is 0.190. The smallest absolute Gasteiger partial charge is 0.140 e. The van der Waals surface area contributed by atoms with Crippen molar-refractivity contribution in [3.05, 3.63) is 0 Å². The average Bonchev–Trinajstić information content (AvgIpc) is 2.24. The van der Waals surface area contributed by atoms with E-state index in [1.54, 1.807) is 7.11 Å². The summed E-state index contributed by atoms with van der Waals surface area (Å²) < 4.78 is 5.07. The number of rotatable bonds is 8. The minimum absolute atomic E-state index is 0.190. The van der Waals surface area contributed by atoms with E-state index in [-0.39, 0.29) is 17.3 Å². The minimum Gasteiger partial charge on any atom is -0.409 e. The molecule has 0 aromatic carbocycles. The molecule has 0 rings (SSSR count). The molecular formula is C11H25N3O2. The lowest BCUT2D eigenvalue weighted by Gasteiger charge is -2.26. The van der Waals surface area contributed by atoms with Crippen molar-refractivity contribution in [2.75, 3.05) is 20.3 Å². The molecule has 5 nitrogen and oxygen atoms in total. The average molecular weight is 231 g/mol. The fourth-order valence-corrected chi connectivity index (χ4v) is 1.34. The fraction of sp³-hybridized carbons (Fsp3) is 0.909. The van der Waals surface area contributed by atoms with Gasteiger partial charge in [0, 0.05) is 32.7 Å². The van der Waals surface area contributed by atoms with E-state index in [1.165, 1.54) is 0 Å². The second-order valence-corrected chi connectivity index (χ2v) is 4.98. The van der Waals surface area contributed by atoms with Crippen LogP contribution in [0.5, 0.6) is 0 Å². The summed E-state index contributed by atoms with van der Waals surface area (Å²) >= 11 is 0. The van der Waals surface area contributed by atoms with Crippen LogP contribution < -0.4 is 11.1 Å². The molecule has 0 bridgehead atoms. The summed E-state index contributed by atoms with van der Waals surface area (Å²) in [5.74, 6) is 0.259. The molecular weight excluding hydrogens is 206 g/mol. The number of methoxy groups -OCH3 is 1. The van der Waals surface area contributed by atoms with E-state index in [1.807, 2.05) is 6.92 Å². The predicted octanol–water partition coefficient (Wildman–Crippen LogP) is 1.16. The van der Waals surface area contributed by atoms with Gasteiger partial charge in [0.05, 0.1) is 0 Å². The summed E-state index contributed by atoms with van der Waals surface area (Å²) in [5, 5.41) is 14.8. The van der Waals surface area contributed by atoms with Crippen LogP contribution in [0.2, 0.25) is 0 Å². The zero-order valence-electron chi connectivity index (χ0n) is 10.8. The lowest BCUT2D eigenvalue weighted by Crippen LogP contribution is -2.38. The first-order valence-corrected chi connectivity index (χ1v) is 5.60. The van der Waals surface area contributed by atoms with Gasteiger partial charge >= 0.3 is 0 Å². The third-order valence-electron chi connectivity index (χ3n) is 2.56. The van der Waals surface area contributed by atoms with Gasteiger partial charge in [0.25, 0.3) is 0 Å². The summed E-state index contributed by atoms with van der Waals surface area (Å²) in [6, 6.07) is 0.206. The van der Waals surface area contributed by atoms with Crippen molar-refractivity contribution in [2.24, 2.45) is 16.3 Å². The SMILES string of the molecule is COCCC(C)(C)CNC(C)CC(N)=NO. The third kappa shape index (κ3) is 7.48. The van der Waals surface area contributed by atoms with Crippen LogP contribution in [0.25, 0.3) is 0 Å². The maximum absolute atomic E-state index is 8.45. The standard InChI is InChI=1S/C11H25N3O2/c1-9(7-10(12)14-15)13-8-11(2,3)5-6-16-4/h9,13,15H,5-8H2,1-4H3,(H2,12,14). The van der Waals surface area contributed by atoms with Crippen LogP contribution in [-0.4, -0.2) is 37.3 Å². The summed E-state index contributed by atoms with van der Waals surface area (Å²) in [5.41, 5.74) is 5.62. The van der Waals surface area contributed by atoms with Crippen LogP contribution >= 0.6 is 0 Å². The zero-order chi connectivity index (χ0) is 12.6. The first-order chi connectivity index (χ1) is 7.41. The molecule has 0 aliphatic rings. The van der Waals surface area contributed by atoms with Crippen LogP contribution in [0.1, 0.15) is 33.6 Å². The lowest BCUT2D eigenvalue weighted by atomic mass is 9.89. The quantitative estimate of drug-likeness (QED) is 0.253. The summed E-state index contributed by atoms with van der Waals surface area (Å²) in [7, 11) is 1.71. The molecule has 0 aromatic rings. The first-order valence-electron chi connectivity index (χ1n) is 5.60. The molecule has 0 aromatic heterocycles. The Hall–Kier alpha value is -0.810. The number of hydrogen-bond acceptors (Lipinski definition) is 4. The summed E-state index contributed by atoms with van der Waals surface area (Å²) in [6.45, 7) is 8.05. The maximum Gasteiger partial charge on any atom is 0.140 e. The number of oxime groups is 1. The topological polar surface area (TPSA) is 79.9 Å². The van der Waals surface area contributed by atoms with E-state index >= 15 is 0 Å². The van der Waals surface area contributed by atoms with Crippen molar-refractivity contribution in [3.8, 4) is 0 Å². The summed E-state index contributed by atoms with van der Waals surface area (Å²) in [6.07, 6.45) is 1.56. The second-order valence-electron chi connectivity index (χ2n) is 4.98. The molecule has 0 amide bonds. The number of nitrogens with one attached hydrogen (secondary N) is 1. The number of amidine groups is 1. The normalized spacial score (nSPS) is 15.1. The first kappa shape index (κ1) is 15.2. The van der Waals surface area contributed by atoms with Crippen LogP contribution in [0.4, 0.5) is 0 Å². The van der Waals surface area contributed by atoms with Gasteiger partial charge in [-0.1, -0.05) is 19.0 Å². The lowest BCUT2D eigenvalue weighted by molar-refractivity contribution is 0.149. The second kappa shape index (κ2) is 7.46. The highest BCUT2D eigenvalue weighted by molar-refractivity contribution is 5.80. The molecule has 1 atom stereocenters. The van der Waals surface area contributed by atoms with Crippen LogP contribution in [-0.2, 0) is 4.74 Å². The Morgan fingerprint density at radius 3 is 2.69 bits per heavy atom. The largest absolute Gasteiger partial charge is 0.409 e. The number of nitrogens with two attached hydrogens (primary N) is 1. The van der Waals surface area contributed by atoms with Gasteiger partial charge in [-0.05, 0) is 18.8 Å². The predicted molar refractivity (Wildman–Crippen MR) is 65.8 cm³/mol. The Balaban J connectivity index is 3.85. The van der Waals surface area contributed by atoms with Gasteiger partial charge in [0.2, 0.25) is 0 Å². The van der Waals surface area contributed by atoms with Gasteiger partial charge in [-0.3, -0.25) is 0 Å². The Morgan fingerprint density at radius 2 is 2.19 bits per heavy atom. The van der Waals surface area contributed by atoms with E-state index in [0.29, 0.717) is 6.42 Å². The van der Waals surface area contributed by atoms with Crippen LogP contribution in [0.15, 0.2) is 5.16 Å². The maximum atomic E-state index is 8.45. The molecule has 4 N–H and O–H groups in total. The van der Waals surface area contributed by atoms with E-state index < -0.39 is 0 Å². The Bertz CT molecular complexity index is 217. The third-order valence-corrected chi connectivity index (χ3v) is 2.56. The van der Waals surface area contributed by atoms with Gasteiger partial charge in [-0.25, -0.2) is 0 Å². The van der Waals surface area contributed by atoms with Gasteiger partial charge < -0.3 is 21.0 Å². The molecule has 96 valence electrons. The monoisotopic (exact) mass is 231 g/mol. The highest BCUT2D eigenvalue weighted by Crippen LogP contribution is 2.19. The molecule has 5 heteroatoms. The van der Waals surface area contributed by atoms with Gasteiger partial charge in [0.1, 0.15) is 5.84 Å². The Kier molecular flexibility index (Phi) is 7.08. The number of ether oxygens (including phenoxy) is 1. The van der Waals surface area contributed by atoms with Gasteiger partial charge in [0.15, 0.2) is 0 Å². The van der Waals surface area contributed by atoms with E-state index in [2.05, 4.69) is 24.3 Å². The van der Waals surface area contributed by atoms with Crippen molar-refractivity contribution >= 4 is 5.84 Å². The van der Waals surface area contributed by atoms with E-state index in [4.69, 9.17) is 15.7 Å². The van der Waals surface area contributed by atoms with E-state index in [0.717, 1.165) is 19.6 Å². The highest BCUT2D eigenvalue weighted by atomic mass is 16.5. The van der Waals surface area contributed by atoms with Crippen LogP contribution in [0, 0.1) is 5.41 Å². The molecule has 0 spiro atoms. The fourth-order valence-electron chi connectivity index (χ4n) is 1.34. The van der Waals surface area contributed by atoms with Gasteiger partial charge in [-0.2, -0.15) is 0 Å². The molecule has 0 heterocycles. The molecule has 0 fully saturated rings. The number of nitrogens with zero attached hydrogens (tertiary/aromatic N) is 1. The van der Waals surface area contributed by atoms with Crippen molar-refractivity contribution in [1.82, 2.24) is 5.32 Å². The zero-order valence-corrected chi connectivity index (χ0v) is 10.8.